The van der Waals surface area contributed by atoms with Gasteiger partial charge in [-0.25, -0.2) is 32.4 Å². The number of carbonyl (C=O) groups excluding carboxylic acids is 3. The molecule has 11 rings (SSSR count). The van der Waals surface area contributed by atoms with Crippen molar-refractivity contribution < 1.29 is 71.8 Å². The van der Waals surface area contributed by atoms with Crippen LogP contribution in [-0.4, -0.2) is 138 Å². The summed E-state index contributed by atoms with van der Waals surface area (Å²) in [5.41, 5.74) is 4.05. The molecule has 0 atom stereocenters. The fourth-order valence-electron chi connectivity index (χ4n) is 8.71. The summed E-state index contributed by atoms with van der Waals surface area (Å²) in [6.45, 7) is 0.603. The minimum atomic E-state index is -3.56. The van der Waals surface area contributed by atoms with E-state index in [4.69, 9.17) is 34.6 Å². The summed E-state index contributed by atoms with van der Waals surface area (Å²) in [5, 5.41) is 37.6. The second-order valence-corrected chi connectivity index (χ2v) is 24.9. The molecule has 0 bridgehead atoms. The van der Waals surface area contributed by atoms with Crippen LogP contribution in [0.2, 0.25) is 0 Å². The van der Waals surface area contributed by atoms with Crippen molar-refractivity contribution in [2.75, 3.05) is 49.4 Å². The van der Waals surface area contributed by atoms with Gasteiger partial charge in [0, 0.05) is 84.6 Å². The Kier molecular flexibility index (Phi) is 27.8. The number of benzene rings is 7. The number of aromatic nitrogens is 5. The molecule has 0 saturated heterocycles. The number of aromatic amines is 1. The average molecular weight is 1320 g/mol. The van der Waals surface area contributed by atoms with E-state index in [9.17, 15) is 37.2 Å². The number of sulfone groups is 1. The van der Waals surface area contributed by atoms with Gasteiger partial charge in [-0.1, -0.05) is 127 Å². The highest BCUT2D eigenvalue weighted by Crippen LogP contribution is 2.25. The van der Waals surface area contributed by atoms with Crippen LogP contribution in [0.4, 0.5) is 14.4 Å². The molecule has 0 aliphatic heterocycles. The van der Waals surface area contributed by atoms with Crippen molar-refractivity contribution in [3.8, 4) is 0 Å². The number of aliphatic hydroxyl groups is 1. The predicted octanol–water partition coefficient (Wildman–Crippen LogP) is 13.0. The maximum absolute atomic E-state index is 12.4. The zero-order chi connectivity index (χ0) is 65.5. The largest absolute Gasteiger partial charge is 0.481 e. The van der Waals surface area contributed by atoms with Crippen LogP contribution >= 0.6 is 35.3 Å². The van der Waals surface area contributed by atoms with Gasteiger partial charge in [-0.3, -0.25) is 23.5 Å². The van der Waals surface area contributed by atoms with Gasteiger partial charge >= 0.3 is 36.2 Å². The number of aliphatic carboxylic acids is 3. The van der Waals surface area contributed by atoms with E-state index in [2.05, 4.69) is 9.97 Å². The standard InChI is InChI=1S/C19H17NO6S.C19H17NO4S.C12H12N2O2S.C10H9NO2.C8H10OS/c21-18(22)12-14-13-20(17-9-5-4-8-16(14)17)19(23)26-10-11-27(24,25)15-6-2-1-3-7-15;21-18(22)12-14-13-20(17-9-5-4-8-16(14)17)19(23)24-10-11-25-15-6-2-1-3-7-15;15-12(14-7-6-13-10-14)16-8-9-17-11-4-2-1-3-5-11;12-10(13)5-7-6-11-9-4-2-1-3-8(7)9;9-6-7-10-8-4-2-1-3-5-8/h1-9,13H,10-12H2,(H,21,22);1-9,13H,10-12H2,(H,21,22);1-7,10H,8-9H2;1-4,6,11H,5H2,(H,12,13);1-5,9H,6-7H2. The fraction of sp³-hybridized carbons (Fsp3) is 0.162. The Morgan fingerprint density at radius 1 is 0.467 bits per heavy atom. The first-order chi connectivity index (χ1) is 44.6. The van der Waals surface area contributed by atoms with E-state index in [1.807, 2.05) is 133 Å². The Hall–Kier alpha value is -9.85. The normalized spacial score (nSPS) is 10.7. The van der Waals surface area contributed by atoms with Crippen LogP contribution in [0.25, 0.3) is 32.7 Å². The van der Waals surface area contributed by atoms with Crippen molar-refractivity contribution in [2.45, 2.75) is 38.8 Å². The molecule has 0 spiro atoms. The minimum Gasteiger partial charge on any atom is -0.481 e. The molecule has 11 aromatic rings. The van der Waals surface area contributed by atoms with Crippen LogP contribution in [0.5, 0.6) is 0 Å². The lowest BCUT2D eigenvalue weighted by Crippen LogP contribution is -2.19. The first-order valence-electron chi connectivity index (χ1n) is 28.4. The van der Waals surface area contributed by atoms with E-state index in [1.54, 1.807) is 109 Å². The fourth-order valence-corrected chi connectivity index (χ4v) is 12.0. The lowest BCUT2D eigenvalue weighted by Gasteiger charge is -2.07. The van der Waals surface area contributed by atoms with Gasteiger partial charge < -0.3 is 39.6 Å². The molecule has 0 saturated carbocycles. The highest BCUT2D eigenvalue weighted by Gasteiger charge is 2.20. The first-order valence-corrected chi connectivity index (χ1v) is 33.0. The molecule has 4 aromatic heterocycles. The highest BCUT2D eigenvalue weighted by molar-refractivity contribution is 7.99. The lowest BCUT2D eigenvalue weighted by molar-refractivity contribution is -0.137. The molecule has 0 aliphatic rings. The average Bonchev–Trinajstić information content (AvgIpc) is 1.72. The molecule has 0 unspecified atom stereocenters. The third kappa shape index (κ3) is 22.3. The first kappa shape index (κ1) is 69.6. The van der Waals surface area contributed by atoms with Crippen LogP contribution in [-0.2, 0) is 57.7 Å². The van der Waals surface area contributed by atoms with Gasteiger partial charge in [-0.15, -0.1) is 35.3 Å². The van der Waals surface area contributed by atoms with Crippen LogP contribution in [0, 0.1) is 0 Å². The zero-order valence-electron chi connectivity index (χ0n) is 49.4. The number of fused-ring (bicyclic) bond motifs is 3. The van der Waals surface area contributed by atoms with E-state index in [0.717, 1.165) is 38.3 Å². The molecule has 7 aromatic carbocycles. The van der Waals surface area contributed by atoms with E-state index in [1.165, 1.54) is 48.1 Å². The van der Waals surface area contributed by atoms with Crippen molar-refractivity contribution in [1.29, 1.82) is 0 Å². The van der Waals surface area contributed by atoms with Crippen LogP contribution < -0.4 is 0 Å². The number of nitrogens with zero attached hydrogens (tertiary/aromatic N) is 4. The van der Waals surface area contributed by atoms with Gasteiger partial charge in [0.1, 0.15) is 26.1 Å². The van der Waals surface area contributed by atoms with Crippen molar-refractivity contribution in [3.05, 3.63) is 248 Å². The number of H-pyrrole nitrogens is 1. The molecule has 0 aliphatic carbocycles. The van der Waals surface area contributed by atoms with E-state index < -0.39 is 46.0 Å². The second kappa shape index (κ2) is 36.7. The van der Waals surface area contributed by atoms with Gasteiger partial charge in [-0.2, -0.15) is 0 Å². The Morgan fingerprint density at radius 3 is 1.33 bits per heavy atom. The monoisotopic (exact) mass is 1320 g/mol. The number of carbonyl (C=O) groups is 6. The quantitative estimate of drug-likeness (QED) is 0.0254. The van der Waals surface area contributed by atoms with Crippen LogP contribution in [0.3, 0.4) is 0 Å². The molecule has 0 fully saturated rings. The van der Waals surface area contributed by atoms with Gasteiger partial charge in [-0.05, 0) is 83.4 Å². The number of ether oxygens (including phenoxy) is 3. The third-order valence-corrected chi connectivity index (χ3v) is 17.5. The molecular weight excluding hydrogens is 1260 g/mol. The van der Waals surface area contributed by atoms with Crippen molar-refractivity contribution in [1.82, 2.24) is 23.7 Å². The summed E-state index contributed by atoms with van der Waals surface area (Å²) < 4.78 is 43.8. The number of para-hydroxylation sites is 3. The van der Waals surface area contributed by atoms with E-state index in [-0.39, 0.29) is 49.7 Å². The van der Waals surface area contributed by atoms with E-state index in [0.29, 0.717) is 39.9 Å². The Balaban J connectivity index is 0.000000170. The summed E-state index contributed by atoms with van der Waals surface area (Å²) in [7, 11) is -3.56. The number of carboxylic acid groups (broad SMARTS) is 3. The SMILES string of the molecule is O=C(O)Cc1c[nH]c2ccccc12.O=C(O)Cc1cn(C(=O)OCCS(=O)(=O)c2ccccc2)c2ccccc12.O=C(O)Cc1cn(C(=O)OCCSc2ccccc2)c2ccccc12.O=C(OCCSc1ccccc1)n1ccnc1.OCCSc1ccccc1. The predicted molar refractivity (Wildman–Crippen MR) is 356 cm³/mol. The molecule has 92 heavy (non-hydrogen) atoms. The Morgan fingerprint density at radius 2 is 0.870 bits per heavy atom. The molecule has 476 valence electrons. The Labute approximate surface area is 542 Å². The summed E-state index contributed by atoms with van der Waals surface area (Å²) in [6.07, 6.45) is 7.29. The summed E-state index contributed by atoms with van der Waals surface area (Å²) in [4.78, 5) is 79.1. The topological polar surface area (TPSA) is 289 Å². The molecule has 20 nitrogen and oxygen atoms in total. The summed E-state index contributed by atoms with van der Waals surface area (Å²) in [5.74, 6) is -0.921. The van der Waals surface area contributed by atoms with Gasteiger partial charge in [0.15, 0.2) is 9.84 Å². The minimum absolute atomic E-state index is 0.0734. The van der Waals surface area contributed by atoms with Crippen LogP contribution in [0.15, 0.2) is 251 Å². The van der Waals surface area contributed by atoms with Crippen molar-refractivity contribution in [3.63, 3.8) is 0 Å². The van der Waals surface area contributed by atoms with E-state index >= 15 is 0 Å². The van der Waals surface area contributed by atoms with Gasteiger partial charge in [0.05, 0.1) is 47.6 Å². The smallest absolute Gasteiger partial charge is 0.419 e. The van der Waals surface area contributed by atoms with Crippen LogP contribution in [0.1, 0.15) is 16.7 Å². The zero-order valence-corrected chi connectivity index (χ0v) is 52.7. The number of aliphatic hydroxyl groups excluding tert-OH is 1. The number of rotatable bonds is 21. The third-order valence-electron chi connectivity index (χ3n) is 12.8. The number of hydrogen-bond acceptors (Lipinski definition) is 16. The van der Waals surface area contributed by atoms with Gasteiger partial charge in [0.2, 0.25) is 0 Å². The molecular formula is C68H65N5O15S4. The summed E-state index contributed by atoms with van der Waals surface area (Å²) >= 11 is 4.94. The molecule has 0 amide bonds. The number of nitrogens with one attached hydrogen (secondary N) is 1. The summed E-state index contributed by atoms with van der Waals surface area (Å²) in [6, 6.07) is 59.6. The molecule has 24 heteroatoms. The maximum Gasteiger partial charge on any atom is 0.419 e. The van der Waals surface area contributed by atoms with Crippen molar-refractivity contribution >= 4 is 114 Å². The number of carboxylic acids is 3. The number of thioether (sulfide) groups is 3. The lowest BCUT2D eigenvalue weighted by atomic mass is 10.1. The molecule has 4 heterocycles. The Bertz CT molecular complexity index is 4240. The number of hydrogen-bond donors (Lipinski definition) is 5. The maximum atomic E-state index is 12.4. The molecule has 0 radical (unpaired) electrons. The molecule has 5 N–H and O–H groups in total. The second-order valence-electron chi connectivity index (χ2n) is 19.3. The number of imidazole rings is 1. The van der Waals surface area contributed by atoms with Crippen molar-refractivity contribution in [2.24, 2.45) is 0 Å². The van der Waals surface area contributed by atoms with Gasteiger partial charge in [0.25, 0.3) is 0 Å². The highest BCUT2D eigenvalue weighted by atomic mass is 32.2.